The first-order valence-electron chi connectivity index (χ1n) is 5.82. The topological polar surface area (TPSA) is 51.2 Å². The van der Waals surface area contributed by atoms with E-state index >= 15 is 0 Å². The number of aromatic nitrogens is 1. The highest BCUT2D eigenvalue weighted by Crippen LogP contribution is 2.08. The van der Waals surface area contributed by atoms with Crippen LogP contribution in [0.25, 0.3) is 0 Å². The van der Waals surface area contributed by atoms with Gasteiger partial charge in [-0.05, 0) is 17.5 Å². The molecule has 1 aromatic heterocycles. The van der Waals surface area contributed by atoms with Crippen molar-refractivity contribution in [2.45, 2.75) is 32.9 Å². The molecule has 1 rings (SSSR count). The summed E-state index contributed by atoms with van der Waals surface area (Å²) < 4.78 is 4.69. The number of hydrogen-bond acceptors (Lipinski definition) is 4. The molecule has 0 bridgehead atoms. The predicted molar refractivity (Wildman–Crippen MR) is 66.3 cm³/mol. The molecule has 94 valence electrons. The fourth-order valence-corrected chi connectivity index (χ4v) is 1.56. The van der Waals surface area contributed by atoms with Gasteiger partial charge in [0.2, 0.25) is 0 Å². The summed E-state index contributed by atoms with van der Waals surface area (Å²) in [4.78, 5) is 15.3. The largest absolute Gasteiger partial charge is 0.469 e. The molecule has 0 spiro atoms. The molecule has 1 aromatic rings. The van der Waals surface area contributed by atoms with Crippen LogP contribution in [0.3, 0.4) is 0 Å². The highest BCUT2D eigenvalue weighted by atomic mass is 16.5. The summed E-state index contributed by atoms with van der Waals surface area (Å²) in [7, 11) is 1.42. The van der Waals surface area contributed by atoms with E-state index in [0.717, 1.165) is 5.56 Å². The van der Waals surface area contributed by atoms with E-state index in [4.69, 9.17) is 4.74 Å². The van der Waals surface area contributed by atoms with Gasteiger partial charge in [0.25, 0.3) is 0 Å². The monoisotopic (exact) mass is 236 g/mol. The van der Waals surface area contributed by atoms with Gasteiger partial charge in [0.1, 0.15) is 0 Å². The second kappa shape index (κ2) is 7.01. The standard InChI is InChI=1S/C13H20N2O2/c1-10(2)12(7-13(16)17-3)15-9-11-5-4-6-14-8-11/h4-6,8,10,12,15H,7,9H2,1-3H3. The zero-order valence-electron chi connectivity index (χ0n) is 10.6. The Kier molecular flexibility index (Phi) is 5.63. The number of esters is 1. The minimum absolute atomic E-state index is 0.127. The molecule has 0 saturated carbocycles. The maximum Gasteiger partial charge on any atom is 0.307 e. The van der Waals surface area contributed by atoms with Crippen molar-refractivity contribution in [1.82, 2.24) is 10.3 Å². The van der Waals surface area contributed by atoms with E-state index in [1.54, 1.807) is 6.20 Å². The van der Waals surface area contributed by atoms with Gasteiger partial charge in [-0.15, -0.1) is 0 Å². The molecular weight excluding hydrogens is 216 g/mol. The number of rotatable bonds is 6. The summed E-state index contributed by atoms with van der Waals surface area (Å²) >= 11 is 0. The summed E-state index contributed by atoms with van der Waals surface area (Å²) in [5.74, 6) is 0.202. The molecule has 1 unspecified atom stereocenters. The third kappa shape index (κ3) is 4.95. The molecule has 0 fully saturated rings. The van der Waals surface area contributed by atoms with E-state index in [1.807, 2.05) is 18.3 Å². The van der Waals surface area contributed by atoms with Crippen LogP contribution in [0.1, 0.15) is 25.8 Å². The number of carbonyl (C=O) groups excluding carboxylic acids is 1. The molecular formula is C13H20N2O2. The first-order valence-corrected chi connectivity index (χ1v) is 5.82. The van der Waals surface area contributed by atoms with Gasteiger partial charge < -0.3 is 10.1 Å². The minimum atomic E-state index is -0.178. The van der Waals surface area contributed by atoms with Gasteiger partial charge in [-0.25, -0.2) is 0 Å². The first-order chi connectivity index (χ1) is 8.13. The second-order valence-corrected chi connectivity index (χ2v) is 4.37. The van der Waals surface area contributed by atoms with Crippen LogP contribution in [-0.2, 0) is 16.1 Å². The Morgan fingerprint density at radius 2 is 2.29 bits per heavy atom. The highest BCUT2D eigenvalue weighted by Gasteiger charge is 2.17. The molecule has 0 aromatic carbocycles. The Labute approximate surface area is 102 Å². The Bertz CT molecular complexity index is 339. The quantitative estimate of drug-likeness (QED) is 0.765. The highest BCUT2D eigenvalue weighted by molar-refractivity contribution is 5.69. The lowest BCUT2D eigenvalue weighted by atomic mass is 10.0. The molecule has 4 heteroatoms. The molecule has 0 saturated heterocycles. The van der Waals surface area contributed by atoms with Crippen molar-refractivity contribution in [2.75, 3.05) is 7.11 Å². The van der Waals surface area contributed by atoms with Crippen LogP contribution in [0.5, 0.6) is 0 Å². The Balaban J connectivity index is 2.47. The van der Waals surface area contributed by atoms with Gasteiger partial charge in [-0.2, -0.15) is 0 Å². The SMILES string of the molecule is COC(=O)CC(NCc1cccnc1)C(C)C. The lowest BCUT2D eigenvalue weighted by Crippen LogP contribution is -2.35. The van der Waals surface area contributed by atoms with Crippen molar-refractivity contribution in [3.8, 4) is 0 Å². The third-order valence-electron chi connectivity index (χ3n) is 2.71. The smallest absolute Gasteiger partial charge is 0.307 e. The maximum atomic E-state index is 11.3. The van der Waals surface area contributed by atoms with Crippen LogP contribution in [-0.4, -0.2) is 24.1 Å². The van der Waals surface area contributed by atoms with Gasteiger partial charge in [-0.3, -0.25) is 9.78 Å². The van der Waals surface area contributed by atoms with E-state index in [0.29, 0.717) is 18.9 Å². The lowest BCUT2D eigenvalue weighted by molar-refractivity contribution is -0.141. The molecule has 4 nitrogen and oxygen atoms in total. The summed E-state index contributed by atoms with van der Waals surface area (Å²) in [5.41, 5.74) is 1.11. The van der Waals surface area contributed by atoms with Crippen LogP contribution < -0.4 is 5.32 Å². The molecule has 0 aliphatic rings. The zero-order chi connectivity index (χ0) is 12.7. The van der Waals surface area contributed by atoms with E-state index in [1.165, 1.54) is 7.11 Å². The summed E-state index contributed by atoms with van der Waals surface area (Å²) in [6.45, 7) is 4.89. The number of ether oxygens (including phenoxy) is 1. The fraction of sp³-hybridized carbons (Fsp3) is 0.538. The van der Waals surface area contributed by atoms with Crippen molar-refractivity contribution in [2.24, 2.45) is 5.92 Å². The third-order valence-corrected chi connectivity index (χ3v) is 2.71. The molecule has 0 aliphatic carbocycles. The molecule has 1 atom stereocenters. The molecule has 17 heavy (non-hydrogen) atoms. The number of nitrogens with one attached hydrogen (secondary N) is 1. The molecule has 0 radical (unpaired) electrons. The van der Waals surface area contributed by atoms with Crippen molar-refractivity contribution >= 4 is 5.97 Å². The van der Waals surface area contributed by atoms with Crippen LogP contribution in [0.4, 0.5) is 0 Å². The Morgan fingerprint density at radius 3 is 2.82 bits per heavy atom. The zero-order valence-corrected chi connectivity index (χ0v) is 10.6. The number of methoxy groups -OCH3 is 1. The summed E-state index contributed by atoms with van der Waals surface area (Å²) in [5, 5.41) is 3.36. The maximum absolute atomic E-state index is 11.3. The van der Waals surface area contributed by atoms with Crippen LogP contribution in [0.15, 0.2) is 24.5 Å². The van der Waals surface area contributed by atoms with Crippen LogP contribution in [0, 0.1) is 5.92 Å². The Morgan fingerprint density at radius 1 is 1.53 bits per heavy atom. The average molecular weight is 236 g/mol. The summed E-state index contributed by atoms with van der Waals surface area (Å²) in [6.07, 6.45) is 3.97. The molecule has 0 amide bonds. The normalized spacial score (nSPS) is 12.5. The van der Waals surface area contributed by atoms with E-state index < -0.39 is 0 Å². The van der Waals surface area contributed by atoms with Gasteiger partial charge >= 0.3 is 5.97 Å². The van der Waals surface area contributed by atoms with E-state index in [9.17, 15) is 4.79 Å². The van der Waals surface area contributed by atoms with Crippen molar-refractivity contribution < 1.29 is 9.53 Å². The number of nitrogens with zero attached hydrogens (tertiary/aromatic N) is 1. The summed E-state index contributed by atoms with van der Waals surface area (Å²) in [6, 6.07) is 4.04. The van der Waals surface area contributed by atoms with Gasteiger partial charge in [-0.1, -0.05) is 19.9 Å². The average Bonchev–Trinajstić information content (AvgIpc) is 2.35. The van der Waals surface area contributed by atoms with Crippen LogP contribution >= 0.6 is 0 Å². The molecule has 1 N–H and O–H groups in total. The number of pyridine rings is 1. The minimum Gasteiger partial charge on any atom is -0.469 e. The van der Waals surface area contributed by atoms with Gasteiger partial charge in [0.05, 0.1) is 13.5 Å². The van der Waals surface area contributed by atoms with Gasteiger partial charge in [0.15, 0.2) is 0 Å². The van der Waals surface area contributed by atoms with Crippen molar-refractivity contribution in [3.05, 3.63) is 30.1 Å². The molecule has 0 aliphatic heterocycles. The van der Waals surface area contributed by atoms with E-state index in [-0.39, 0.29) is 12.0 Å². The fourth-order valence-electron chi connectivity index (χ4n) is 1.56. The van der Waals surface area contributed by atoms with Crippen molar-refractivity contribution in [3.63, 3.8) is 0 Å². The van der Waals surface area contributed by atoms with Crippen LogP contribution in [0.2, 0.25) is 0 Å². The van der Waals surface area contributed by atoms with Crippen molar-refractivity contribution in [1.29, 1.82) is 0 Å². The van der Waals surface area contributed by atoms with E-state index in [2.05, 4.69) is 24.1 Å². The lowest BCUT2D eigenvalue weighted by Gasteiger charge is -2.21. The predicted octanol–water partition coefficient (Wildman–Crippen LogP) is 1.76. The Hall–Kier alpha value is -1.42. The number of carbonyl (C=O) groups is 1. The second-order valence-electron chi connectivity index (χ2n) is 4.37. The molecule has 1 heterocycles. The van der Waals surface area contributed by atoms with Gasteiger partial charge in [0, 0.05) is 25.0 Å². The number of hydrogen-bond donors (Lipinski definition) is 1. The first kappa shape index (κ1) is 13.6.